The third-order valence-corrected chi connectivity index (χ3v) is 3.98. The first kappa shape index (κ1) is 9.97. The van der Waals surface area contributed by atoms with Crippen LogP contribution in [0.5, 0.6) is 0 Å². The van der Waals surface area contributed by atoms with E-state index < -0.39 is 12.1 Å². The van der Waals surface area contributed by atoms with Crippen LogP contribution in [-0.2, 0) is 9.53 Å². The maximum atomic E-state index is 11.0. The number of methoxy groups -OCH3 is 1. The Hall–Kier alpha value is -0.570. The third-order valence-electron chi connectivity index (χ3n) is 3.98. The summed E-state index contributed by atoms with van der Waals surface area (Å²) in [7, 11) is 1.52. The predicted octanol–water partition coefficient (Wildman–Crippen LogP) is 2.06. The first-order valence-electron chi connectivity index (χ1n) is 5.46. The fraction of sp³-hybridized carbons (Fsp3) is 0.909. The largest absolute Gasteiger partial charge is 0.479 e. The van der Waals surface area contributed by atoms with Gasteiger partial charge < -0.3 is 9.84 Å². The van der Waals surface area contributed by atoms with Crippen molar-refractivity contribution >= 4 is 5.97 Å². The van der Waals surface area contributed by atoms with Crippen molar-refractivity contribution in [3.05, 3.63) is 0 Å². The molecule has 1 unspecified atom stereocenters. The number of aliphatic carboxylic acids is 1. The summed E-state index contributed by atoms with van der Waals surface area (Å²) in [4.78, 5) is 11.0. The maximum absolute atomic E-state index is 11.0. The monoisotopic (exact) mass is 198 g/mol. The molecule has 14 heavy (non-hydrogen) atoms. The van der Waals surface area contributed by atoms with Gasteiger partial charge in [0.1, 0.15) is 0 Å². The minimum Gasteiger partial charge on any atom is -0.479 e. The standard InChI is InChI=1S/C11H18O3/c1-14-9(10(12)13)11(6-7-11)8-4-2-3-5-8/h8-9H,2-7H2,1H3,(H,12,13). The van der Waals surface area contributed by atoms with Gasteiger partial charge >= 0.3 is 5.97 Å². The molecule has 0 spiro atoms. The molecule has 2 rings (SSSR count). The van der Waals surface area contributed by atoms with E-state index in [1.165, 1.54) is 32.8 Å². The molecule has 3 nitrogen and oxygen atoms in total. The Morgan fingerprint density at radius 3 is 2.36 bits per heavy atom. The van der Waals surface area contributed by atoms with Crippen molar-refractivity contribution in [3.8, 4) is 0 Å². The van der Waals surface area contributed by atoms with E-state index in [0.717, 1.165) is 12.8 Å². The SMILES string of the molecule is COC(C(=O)O)C1(C2CCCC2)CC1. The minimum absolute atomic E-state index is 0.00289. The quantitative estimate of drug-likeness (QED) is 0.752. The van der Waals surface area contributed by atoms with Gasteiger partial charge in [0.2, 0.25) is 0 Å². The van der Waals surface area contributed by atoms with E-state index in [4.69, 9.17) is 9.84 Å². The molecule has 2 aliphatic rings. The fourth-order valence-corrected chi connectivity index (χ4v) is 3.11. The molecule has 0 heterocycles. The van der Waals surface area contributed by atoms with Crippen molar-refractivity contribution in [1.82, 2.24) is 0 Å². The molecule has 0 aromatic carbocycles. The number of carbonyl (C=O) groups is 1. The number of rotatable bonds is 4. The lowest BCUT2D eigenvalue weighted by Crippen LogP contribution is -2.37. The number of carboxylic acid groups (broad SMARTS) is 1. The Morgan fingerprint density at radius 1 is 1.43 bits per heavy atom. The number of hydrogen-bond acceptors (Lipinski definition) is 2. The van der Waals surface area contributed by atoms with E-state index in [0.29, 0.717) is 5.92 Å². The number of ether oxygens (including phenoxy) is 1. The summed E-state index contributed by atoms with van der Waals surface area (Å²) in [6, 6.07) is 0. The molecular formula is C11H18O3. The summed E-state index contributed by atoms with van der Waals surface area (Å²) in [6.07, 6.45) is 6.46. The zero-order chi connectivity index (χ0) is 10.2. The summed E-state index contributed by atoms with van der Waals surface area (Å²) in [6.45, 7) is 0. The second kappa shape index (κ2) is 3.54. The summed E-state index contributed by atoms with van der Waals surface area (Å²) in [5, 5.41) is 9.08. The second-order valence-corrected chi connectivity index (χ2v) is 4.67. The molecule has 0 bridgehead atoms. The smallest absolute Gasteiger partial charge is 0.333 e. The Morgan fingerprint density at radius 2 is 2.00 bits per heavy atom. The lowest BCUT2D eigenvalue weighted by atomic mass is 9.82. The van der Waals surface area contributed by atoms with Crippen LogP contribution in [0.3, 0.4) is 0 Å². The summed E-state index contributed by atoms with van der Waals surface area (Å²) in [5.41, 5.74) is -0.00289. The van der Waals surface area contributed by atoms with Gasteiger partial charge in [-0.2, -0.15) is 0 Å². The van der Waals surface area contributed by atoms with Crippen LogP contribution in [-0.4, -0.2) is 24.3 Å². The van der Waals surface area contributed by atoms with E-state index in [1.54, 1.807) is 0 Å². The van der Waals surface area contributed by atoms with Gasteiger partial charge in [0, 0.05) is 12.5 Å². The van der Waals surface area contributed by atoms with Crippen LogP contribution in [0.15, 0.2) is 0 Å². The summed E-state index contributed by atoms with van der Waals surface area (Å²) < 4.78 is 5.15. The van der Waals surface area contributed by atoms with E-state index in [9.17, 15) is 4.79 Å². The van der Waals surface area contributed by atoms with E-state index in [-0.39, 0.29) is 5.41 Å². The van der Waals surface area contributed by atoms with Gasteiger partial charge in [-0.1, -0.05) is 12.8 Å². The van der Waals surface area contributed by atoms with Crippen LogP contribution in [0, 0.1) is 11.3 Å². The molecule has 3 heteroatoms. The molecule has 2 fully saturated rings. The van der Waals surface area contributed by atoms with Crippen LogP contribution < -0.4 is 0 Å². The van der Waals surface area contributed by atoms with Crippen molar-refractivity contribution in [3.63, 3.8) is 0 Å². The van der Waals surface area contributed by atoms with Crippen molar-refractivity contribution in [2.24, 2.45) is 11.3 Å². The average molecular weight is 198 g/mol. The van der Waals surface area contributed by atoms with E-state index >= 15 is 0 Å². The van der Waals surface area contributed by atoms with E-state index in [1.807, 2.05) is 0 Å². The van der Waals surface area contributed by atoms with Crippen LogP contribution >= 0.6 is 0 Å². The summed E-state index contributed by atoms with van der Waals surface area (Å²) in [5.74, 6) is -0.180. The van der Waals surface area contributed by atoms with Gasteiger partial charge in [-0.3, -0.25) is 0 Å². The van der Waals surface area contributed by atoms with E-state index in [2.05, 4.69) is 0 Å². The zero-order valence-electron chi connectivity index (χ0n) is 8.66. The highest BCUT2D eigenvalue weighted by Gasteiger charge is 2.58. The van der Waals surface area contributed by atoms with Gasteiger partial charge in [0.05, 0.1) is 0 Å². The van der Waals surface area contributed by atoms with Gasteiger partial charge in [0.15, 0.2) is 6.10 Å². The molecule has 1 atom stereocenters. The zero-order valence-corrected chi connectivity index (χ0v) is 8.66. The highest BCUT2D eigenvalue weighted by Crippen LogP contribution is 2.60. The van der Waals surface area contributed by atoms with Crippen molar-refractivity contribution in [1.29, 1.82) is 0 Å². The number of carboxylic acids is 1. The van der Waals surface area contributed by atoms with Crippen LogP contribution in [0.25, 0.3) is 0 Å². The Bertz CT molecular complexity index is 227. The molecule has 0 aliphatic heterocycles. The molecule has 0 radical (unpaired) electrons. The summed E-state index contributed by atoms with van der Waals surface area (Å²) >= 11 is 0. The predicted molar refractivity (Wildman–Crippen MR) is 52.1 cm³/mol. The molecule has 0 aromatic rings. The molecular weight excluding hydrogens is 180 g/mol. The lowest BCUT2D eigenvalue weighted by molar-refractivity contribution is -0.155. The Balaban J connectivity index is 2.09. The van der Waals surface area contributed by atoms with Crippen molar-refractivity contribution in [2.75, 3.05) is 7.11 Å². The van der Waals surface area contributed by atoms with Crippen molar-refractivity contribution in [2.45, 2.75) is 44.6 Å². The lowest BCUT2D eigenvalue weighted by Gasteiger charge is -2.27. The minimum atomic E-state index is -0.781. The van der Waals surface area contributed by atoms with Crippen LogP contribution in [0.4, 0.5) is 0 Å². The second-order valence-electron chi connectivity index (χ2n) is 4.67. The molecule has 0 saturated heterocycles. The molecule has 2 aliphatic carbocycles. The maximum Gasteiger partial charge on any atom is 0.333 e. The molecule has 0 amide bonds. The Labute approximate surface area is 84.4 Å². The average Bonchev–Trinajstić information content (AvgIpc) is 2.76. The van der Waals surface area contributed by atoms with Gasteiger partial charge in [-0.25, -0.2) is 4.79 Å². The highest BCUT2D eigenvalue weighted by atomic mass is 16.5. The van der Waals surface area contributed by atoms with Gasteiger partial charge in [-0.15, -0.1) is 0 Å². The van der Waals surface area contributed by atoms with Crippen LogP contribution in [0.2, 0.25) is 0 Å². The first-order valence-corrected chi connectivity index (χ1v) is 5.46. The van der Waals surface area contributed by atoms with Gasteiger partial charge in [-0.05, 0) is 31.6 Å². The Kier molecular flexibility index (Phi) is 2.52. The first-order chi connectivity index (χ1) is 6.70. The molecule has 0 aromatic heterocycles. The molecule has 2 saturated carbocycles. The van der Waals surface area contributed by atoms with Crippen LogP contribution in [0.1, 0.15) is 38.5 Å². The number of hydrogen-bond donors (Lipinski definition) is 1. The normalized spacial score (nSPS) is 27.5. The molecule has 80 valence electrons. The fourth-order valence-electron chi connectivity index (χ4n) is 3.11. The highest BCUT2D eigenvalue weighted by molar-refractivity contribution is 5.74. The van der Waals surface area contributed by atoms with Gasteiger partial charge in [0.25, 0.3) is 0 Å². The van der Waals surface area contributed by atoms with Crippen molar-refractivity contribution < 1.29 is 14.6 Å². The topological polar surface area (TPSA) is 46.5 Å². The third kappa shape index (κ3) is 1.44. The molecule has 1 N–H and O–H groups in total.